The number of thiazole rings is 1. The fraction of sp³-hybridized carbons (Fsp3) is 0.583. The van der Waals surface area contributed by atoms with Gasteiger partial charge >= 0.3 is 12.0 Å². The molecule has 7 nitrogen and oxygen atoms in total. The molecule has 2 rings (SSSR count). The summed E-state index contributed by atoms with van der Waals surface area (Å²) in [5, 5.41) is 24.0. The molecule has 0 saturated carbocycles. The van der Waals surface area contributed by atoms with E-state index in [2.05, 4.69) is 10.3 Å². The third-order valence-electron chi connectivity index (χ3n) is 3.26. The fourth-order valence-electron chi connectivity index (χ4n) is 2.18. The Morgan fingerprint density at radius 3 is 3.00 bits per heavy atom. The van der Waals surface area contributed by atoms with Crippen LogP contribution in [0.5, 0.6) is 0 Å². The van der Waals surface area contributed by atoms with Crippen LogP contribution in [0.3, 0.4) is 0 Å². The Labute approximate surface area is 120 Å². The number of hydrogen-bond donors (Lipinski definition) is 3. The van der Waals surface area contributed by atoms with Gasteiger partial charge in [-0.2, -0.15) is 0 Å². The first-order valence-electron chi connectivity index (χ1n) is 6.33. The highest BCUT2D eigenvalue weighted by molar-refractivity contribution is 7.09. The zero-order valence-electron chi connectivity index (χ0n) is 11.0. The second kappa shape index (κ2) is 6.19. The summed E-state index contributed by atoms with van der Waals surface area (Å²) in [5.74, 6) is -1.03. The Kier molecular flexibility index (Phi) is 4.56. The molecule has 2 amide bonds. The zero-order chi connectivity index (χ0) is 14.7. The first-order chi connectivity index (χ1) is 9.49. The average Bonchev–Trinajstić information content (AvgIpc) is 3.04. The van der Waals surface area contributed by atoms with Crippen LogP contribution < -0.4 is 5.32 Å². The molecule has 1 aromatic rings. The second-order valence-electron chi connectivity index (χ2n) is 4.85. The number of amides is 2. The van der Waals surface area contributed by atoms with Gasteiger partial charge in [0.15, 0.2) is 0 Å². The van der Waals surface area contributed by atoms with E-state index < -0.39 is 24.1 Å². The predicted octanol–water partition coefficient (Wildman–Crippen LogP) is 0.476. The molecule has 0 aromatic carbocycles. The van der Waals surface area contributed by atoms with Gasteiger partial charge in [0, 0.05) is 37.0 Å². The highest BCUT2D eigenvalue weighted by Gasteiger charge is 2.38. The van der Waals surface area contributed by atoms with Crippen LogP contribution in [0.1, 0.15) is 24.3 Å². The normalized spacial score (nSPS) is 23.6. The molecule has 0 radical (unpaired) electrons. The van der Waals surface area contributed by atoms with Crippen LogP contribution in [0.2, 0.25) is 0 Å². The van der Waals surface area contributed by atoms with Crippen LogP contribution in [0.25, 0.3) is 0 Å². The third-order valence-corrected chi connectivity index (χ3v) is 4.26. The van der Waals surface area contributed by atoms with E-state index in [9.17, 15) is 14.7 Å². The number of likely N-dealkylation sites (tertiary alicyclic amines) is 1. The lowest BCUT2D eigenvalue weighted by Crippen LogP contribution is -2.46. The number of carbonyl (C=O) groups excluding carboxylic acids is 1. The molecule has 1 aliphatic heterocycles. The third kappa shape index (κ3) is 3.26. The maximum atomic E-state index is 12.0. The maximum Gasteiger partial charge on any atom is 0.326 e. The van der Waals surface area contributed by atoms with E-state index in [4.69, 9.17) is 5.11 Å². The summed E-state index contributed by atoms with van der Waals surface area (Å²) in [6.07, 6.45) is 0.999. The molecule has 110 valence electrons. The van der Waals surface area contributed by atoms with Crippen molar-refractivity contribution in [2.24, 2.45) is 0 Å². The van der Waals surface area contributed by atoms with Crippen LogP contribution in [-0.2, 0) is 4.79 Å². The second-order valence-corrected chi connectivity index (χ2v) is 5.78. The minimum atomic E-state index is -1.09. The fourth-order valence-corrected chi connectivity index (χ4v) is 2.88. The molecule has 1 saturated heterocycles. The number of carboxylic acids is 1. The summed E-state index contributed by atoms with van der Waals surface area (Å²) < 4.78 is 0. The van der Waals surface area contributed by atoms with Crippen molar-refractivity contribution in [2.45, 2.75) is 31.4 Å². The summed E-state index contributed by atoms with van der Waals surface area (Å²) in [4.78, 5) is 28.4. The van der Waals surface area contributed by atoms with E-state index in [1.165, 1.54) is 16.2 Å². The van der Waals surface area contributed by atoms with Crippen molar-refractivity contribution in [2.75, 3.05) is 13.1 Å². The van der Waals surface area contributed by atoms with Gasteiger partial charge in [-0.15, -0.1) is 11.3 Å². The number of β-amino-alcohol motifs (C(OH)–C–C–N with tert-alkyl or cyclic N) is 1. The Hall–Kier alpha value is -1.67. The number of nitrogens with zero attached hydrogens (tertiary/aromatic N) is 2. The van der Waals surface area contributed by atoms with Crippen molar-refractivity contribution in [3.8, 4) is 0 Å². The summed E-state index contributed by atoms with van der Waals surface area (Å²) >= 11 is 1.51. The first-order valence-corrected chi connectivity index (χ1v) is 7.21. The summed E-state index contributed by atoms with van der Waals surface area (Å²) in [5.41, 5.74) is 0. The molecule has 2 heterocycles. The number of aliphatic hydroxyl groups excluding tert-OH is 1. The molecule has 3 N–H and O–H groups in total. The number of rotatable bonds is 4. The lowest BCUT2D eigenvalue weighted by atomic mass is 10.2. The first kappa shape index (κ1) is 14.7. The Bertz CT molecular complexity index is 479. The number of hydrogen-bond acceptors (Lipinski definition) is 5. The smallest absolute Gasteiger partial charge is 0.326 e. The molecule has 2 unspecified atom stereocenters. The van der Waals surface area contributed by atoms with Gasteiger partial charge in [-0.25, -0.2) is 14.6 Å². The van der Waals surface area contributed by atoms with Gasteiger partial charge in [-0.3, -0.25) is 0 Å². The Balaban J connectivity index is 1.89. The Morgan fingerprint density at radius 2 is 2.40 bits per heavy atom. The summed E-state index contributed by atoms with van der Waals surface area (Å²) in [7, 11) is 0. The van der Waals surface area contributed by atoms with Crippen LogP contribution >= 0.6 is 11.3 Å². The highest BCUT2D eigenvalue weighted by Crippen LogP contribution is 2.19. The van der Waals surface area contributed by atoms with Crippen molar-refractivity contribution >= 4 is 23.3 Å². The molecule has 0 bridgehead atoms. The molecule has 3 atom stereocenters. The van der Waals surface area contributed by atoms with Gasteiger partial charge in [0.2, 0.25) is 0 Å². The molecule has 8 heteroatoms. The largest absolute Gasteiger partial charge is 0.480 e. The van der Waals surface area contributed by atoms with Crippen molar-refractivity contribution in [1.29, 1.82) is 0 Å². The maximum absolute atomic E-state index is 12.0. The van der Waals surface area contributed by atoms with Gasteiger partial charge in [-0.1, -0.05) is 6.92 Å². The number of aliphatic hydroxyl groups is 1. The topological polar surface area (TPSA) is 103 Å². The van der Waals surface area contributed by atoms with Crippen molar-refractivity contribution < 1.29 is 19.8 Å². The monoisotopic (exact) mass is 299 g/mol. The predicted molar refractivity (Wildman–Crippen MR) is 72.7 cm³/mol. The number of nitrogens with one attached hydrogen (secondary N) is 1. The molecule has 1 fully saturated rings. The number of urea groups is 1. The minimum absolute atomic E-state index is 0.0500. The van der Waals surface area contributed by atoms with Crippen LogP contribution in [0.15, 0.2) is 11.6 Å². The quantitative estimate of drug-likeness (QED) is 0.750. The van der Waals surface area contributed by atoms with Crippen molar-refractivity contribution in [3.05, 3.63) is 16.6 Å². The SMILES string of the molecule is CC(CNC(=O)N1CC(O)C[C@H]1C(=O)O)c1nccs1. The van der Waals surface area contributed by atoms with Gasteiger partial charge < -0.3 is 20.4 Å². The average molecular weight is 299 g/mol. The van der Waals surface area contributed by atoms with E-state index >= 15 is 0 Å². The number of carboxylic acid groups (broad SMARTS) is 1. The van der Waals surface area contributed by atoms with E-state index in [1.807, 2.05) is 12.3 Å². The molecule has 1 aliphatic rings. The standard InChI is InChI=1S/C12H17N3O4S/c1-7(10-13-2-3-20-10)5-14-12(19)15-6-8(16)4-9(15)11(17)18/h2-3,7-9,16H,4-6H2,1H3,(H,14,19)(H,17,18)/t7?,8?,9-/m0/s1. The molecule has 0 aliphatic carbocycles. The molecular weight excluding hydrogens is 282 g/mol. The Morgan fingerprint density at radius 1 is 1.65 bits per heavy atom. The number of aromatic nitrogens is 1. The van der Waals surface area contributed by atoms with Crippen LogP contribution in [0.4, 0.5) is 4.79 Å². The van der Waals surface area contributed by atoms with Crippen LogP contribution in [-0.4, -0.2) is 57.3 Å². The van der Waals surface area contributed by atoms with E-state index in [0.717, 1.165) is 5.01 Å². The van der Waals surface area contributed by atoms with E-state index in [0.29, 0.717) is 6.54 Å². The van der Waals surface area contributed by atoms with Crippen molar-refractivity contribution in [3.63, 3.8) is 0 Å². The van der Waals surface area contributed by atoms with Gasteiger partial charge in [0.25, 0.3) is 0 Å². The molecule has 0 spiro atoms. The van der Waals surface area contributed by atoms with Crippen LogP contribution in [0, 0.1) is 0 Å². The van der Waals surface area contributed by atoms with Gasteiger partial charge in [0.1, 0.15) is 6.04 Å². The molecule has 1 aromatic heterocycles. The van der Waals surface area contributed by atoms with Gasteiger partial charge in [0.05, 0.1) is 11.1 Å². The van der Waals surface area contributed by atoms with Crippen molar-refractivity contribution in [1.82, 2.24) is 15.2 Å². The number of carbonyl (C=O) groups is 2. The van der Waals surface area contributed by atoms with E-state index in [-0.39, 0.29) is 18.9 Å². The minimum Gasteiger partial charge on any atom is -0.480 e. The zero-order valence-corrected chi connectivity index (χ0v) is 11.8. The lowest BCUT2D eigenvalue weighted by Gasteiger charge is -2.22. The van der Waals surface area contributed by atoms with Gasteiger partial charge in [-0.05, 0) is 0 Å². The van der Waals surface area contributed by atoms with E-state index in [1.54, 1.807) is 6.20 Å². The summed E-state index contributed by atoms with van der Waals surface area (Å²) in [6, 6.07) is -1.42. The highest BCUT2D eigenvalue weighted by atomic mass is 32.1. The number of aliphatic carboxylic acids is 1. The lowest BCUT2D eigenvalue weighted by molar-refractivity contribution is -0.141. The molecular formula is C12H17N3O4S. The molecule has 20 heavy (non-hydrogen) atoms. The summed E-state index contributed by atoms with van der Waals surface area (Å²) in [6.45, 7) is 2.37.